The molecule has 0 saturated carbocycles. The Morgan fingerprint density at radius 1 is 1.48 bits per heavy atom. The number of thiazole rings is 1. The topological polar surface area (TPSA) is 107 Å². The third-order valence-corrected chi connectivity index (χ3v) is 5.04. The molecule has 1 aliphatic rings. The van der Waals surface area contributed by atoms with Gasteiger partial charge in [-0.2, -0.15) is 5.26 Å². The van der Waals surface area contributed by atoms with E-state index in [1.54, 1.807) is 11.6 Å². The van der Waals surface area contributed by atoms with Crippen LogP contribution in [0.3, 0.4) is 0 Å². The second-order valence-electron chi connectivity index (χ2n) is 6.86. The fourth-order valence-corrected chi connectivity index (χ4v) is 3.66. The normalized spacial score (nSPS) is 17.0. The van der Waals surface area contributed by atoms with Gasteiger partial charge in [0.25, 0.3) is 5.91 Å². The van der Waals surface area contributed by atoms with Gasteiger partial charge in [-0.25, -0.2) is 15.0 Å². The fraction of sp³-hybridized carbons (Fsp3) is 0.500. The average Bonchev–Trinajstić information content (AvgIpc) is 3.30. The van der Waals surface area contributed by atoms with E-state index >= 15 is 0 Å². The lowest BCUT2D eigenvalue weighted by molar-refractivity contribution is 0.0945. The van der Waals surface area contributed by atoms with Gasteiger partial charge in [-0.05, 0) is 31.4 Å². The van der Waals surface area contributed by atoms with Gasteiger partial charge in [0, 0.05) is 18.1 Å². The first-order valence-corrected chi connectivity index (χ1v) is 9.89. The van der Waals surface area contributed by atoms with E-state index in [4.69, 9.17) is 5.26 Å². The molecule has 0 unspecified atom stereocenters. The summed E-state index contributed by atoms with van der Waals surface area (Å²) in [5.74, 6) is 0.651. The third kappa shape index (κ3) is 4.99. The van der Waals surface area contributed by atoms with Crippen LogP contribution in [0, 0.1) is 17.2 Å². The number of hydrogen-bond donors (Lipinski definition) is 2. The average molecular weight is 385 g/mol. The van der Waals surface area contributed by atoms with Crippen LogP contribution in [0.2, 0.25) is 0 Å². The van der Waals surface area contributed by atoms with E-state index in [0.717, 1.165) is 25.1 Å². The number of nitrogens with one attached hydrogen (secondary N) is 2. The highest BCUT2D eigenvalue weighted by Crippen LogP contribution is 2.30. The minimum atomic E-state index is -0.180. The SMILES string of the molecule is CC(C)CNC(=O)c1csc(Nc2nccc([C@@H]3CCCN3CC#N)n2)n1. The molecule has 2 aromatic heterocycles. The summed E-state index contributed by atoms with van der Waals surface area (Å²) in [7, 11) is 0. The molecule has 0 spiro atoms. The summed E-state index contributed by atoms with van der Waals surface area (Å²) >= 11 is 1.34. The summed E-state index contributed by atoms with van der Waals surface area (Å²) in [6.07, 6.45) is 3.74. The molecule has 0 aromatic carbocycles. The van der Waals surface area contributed by atoms with Crippen molar-refractivity contribution in [1.29, 1.82) is 5.26 Å². The number of carbonyl (C=O) groups is 1. The number of aromatic nitrogens is 3. The maximum atomic E-state index is 12.1. The molecule has 1 aliphatic heterocycles. The van der Waals surface area contributed by atoms with Crippen LogP contribution in [0.25, 0.3) is 0 Å². The monoisotopic (exact) mass is 385 g/mol. The van der Waals surface area contributed by atoms with Crippen molar-refractivity contribution in [2.75, 3.05) is 25.0 Å². The number of amides is 1. The number of anilines is 2. The Morgan fingerprint density at radius 3 is 3.11 bits per heavy atom. The third-order valence-electron chi connectivity index (χ3n) is 4.28. The van der Waals surface area contributed by atoms with Gasteiger partial charge >= 0.3 is 0 Å². The zero-order valence-corrected chi connectivity index (χ0v) is 16.3. The van der Waals surface area contributed by atoms with Gasteiger partial charge in [-0.15, -0.1) is 11.3 Å². The van der Waals surface area contributed by atoms with Gasteiger partial charge in [0.1, 0.15) is 5.69 Å². The Morgan fingerprint density at radius 2 is 2.33 bits per heavy atom. The molecule has 3 rings (SSSR count). The van der Waals surface area contributed by atoms with Crippen molar-refractivity contribution in [3.8, 4) is 6.07 Å². The number of nitriles is 1. The standard InChI is InChI=1S/C18H23N7OS/c1-12(2)10-21-16(26)14-11-27-18(23-14)24-17-20-7-5-13(22-17)15-4-3-8-25(15)9-6-19/h5,7,11-12,15H,3-4,8-10H2,1-2H3,(H,21,26)(H,20,22,23,24)/t15-/m0/s1. The lowest BCUT2D eigenvalue weighted by atomic mass is 10.1. The maximum Gasteiger partial charge on any atom is 0.270 e. The van der Waals surface area contributed by atoms with Crippen molar-refractivity contribution in [3.63, 3.8) is 0 Å². The first kappa shape index (κ1) is 19.2. The zero-order valence-electron chi connectivity index (χ0n) is 15.5. The Labute approximate surface area is 162 Å². The van der Waals surface area contributed by atoms with Gasteiger partial charge < -0.3 is 10.6 Å². The lowest BCUT2D eigenvalue weighted by Crippen LogP contribution is -2.27. The molecule has 1 amide bonds. The molecule has 0 aliphatic carbocycles. The Hall–Kier alpha value is -2.57. The summed E-state index contributed by atoms with van der Waals surface area (Å²) in [6, 6.07) is 4.24. The molecule has 142 valence electrons. The van der Waals surface area contributed by atoms with Gasteiger partial charge in [-0.1, -0.05) is 13.8 Å². The smallest absolute Gasteiger partial charge is 0.270 e. The molecule has 1 saturated heterocycles. The van der Waals surface area contributed by atoms with E-state index in [1.165, 1.54) is 11.3 Å². The molecule has 0 radical (unpaired) electrons. The minimum absolute atomic E-state index is 0.141. The predicted octanol–water partition coefficient (Wildman–Crippen LogP) is 2.72. The molecule has 8 nitrogen and oxygen atoms in total. The van der Waals surface area contributed by atoms with Crippen LogP contribution in [-0.4, -0.2) is 45.4 Å². The summed E-state index contributed by atoms with van der Waals surface area (Å²) in [5, 5.41) is 17.2. The number of carbonyl (C=O) groups excluding carboxylic acids is 1. The molecular weight excluding hydrogens is 362 g/mol. The summed E-state index contributed by atoms with van der Waals surface area (Å²) in [6.45, 7) is 6.01. The van der Waals surface area contributed by atoms with Crippen molar-refractivity contribution in [1.82, 2.24) is 25.2 Å². The van der Waals surface area contributed by atoms with Crippen LogP contribution in [0.4, 0.5) is 11.1 Å². The highest BCUT2D eigenvalue weighted by molar-refractivity contribution is 7.14. The number of hydrogen-bond acceptors (Lipinski definition) is 8. The molecule has 1 atom stereocenters. The van der Waals surface area contributed by atoms with Gasteiger partial charge in [0.2, 0.25) is 5.95 Å². The van der Waals surface area contributed by atoms with E-state index < -0.39 is 0 Å². The Bertz CT molecular complexity index is 829. The van der Waals surface area contributed by atoms with E-state index in [-0.39, 0.29) is 11.9 Å². The number of nitrogens with zero attached hydrogens (tertiary/aromatic N) is 5. The molecule has 2 aromatic rings. The second kappa shape index (κ2) is 8.88. The maximum absolute atomic E-state index is 12.1. The van der Waals surface area contributed by atoms with Crippen LogP contribution >= 0.6 is 11.3 Å². The first-order valence-electron chi connectivity index (χ1n) is 9.01. The molecule has 2 N–H and O–H groups in total. The van der Waals surface area contributed by atoms with Crippen molar-refractivity contribution in [2.45, 2.75) is 32.7 Å². The Balaban J connectivity index is 1.67. The lowest BCUT2D eigenvalue weighted by Gasteiger charge is -2.21. The minimum Gasteiger partial charge on any atom is -0.350 e. The fourth-order valence-electron chi connectivity index (χ4n) is 2.98. The predicted molar refractivity (Wildman–Crippen MR) is 104 cm³/mol. The molecule has 3 heterocycles. The van der Waals surface area contributed by atoms with E-state index in [0.29, 0.717) is 35.8 Å². The molecule has 9 heteroatoms. The first-order chi connectivity index (χ1) is 13.1. The molecule has 0 bridgehead atoms. The van der Waals surface area contributed by atoms with Crippen LogP contribution in [0.15, 0.2) is 17.6 Å². The van der Waals surface area contributed by atoms with Crippen LogP contribution < -0.4 is 10.6 Å². The largest absolute Gasteiger partial charge is 0.350 e. The molecular formula is C18H23N7OS. The zero-order chi connectivity index (χ0) is 19.2. The molecule has 1 fully saturated rings. The van der Waals surface area contributed by atoms with Crippen molar-refractivity contribution in [3.05, 3.63) is 29.0 Å². The second-order valence-corrected chi connectivity index (χ2v) is 7.72. The van der Waals surface area contributed by atoms with Crippen LogP contribution in [-0.2, 0) is 0 Å². The number of rotatable bonds is 7. The molecule has 27 heavy (non-hydrogen) atoms. The van der Waals surface area contributed by atoms with Gasteiger partial charge in [0.05, 0.1) is 24.3 Å². The van der Waals surface area contributed by atoms with Gasteiger partial charge in [0.15, 0.2) is 5.13 Å². The highest BCUT2D eigenvalue weighted by Gasteiger charge is 2.27. The van der Waals surface area contributed by atoms with Crippen LogP contribution in [0.5, 0.6) is 0 Å². The van der Waals surface area contributed by atoms with Crippen molar-refractivity contribution >= 4 is 28.3 Å². The highest BCUT2D eigenvalue weighted by atomic mass is 32.1. The van der Waals surface area contributed by atoms with E-state index in [2.05, 4.69) is 36.6 Å². The summed E-state index contributed by atoms with van der Waals surface area (Å²) < 4.78 is 0. The quantitative estimate of drug-likeness (QED) is 0.706. The summed E-state index contributed by atoms with van der Waals surface area (Å²) in [5.41, 5.74) is 1.28. The Kier molecular flexibility index (Phi) is 6.32. The van der Waals surface area contributed by atoms with Crippen molar-refractivity contribution < 1.29 is 4.79 Å². The van der Waals surface area contributed by atoms with E-state index in [9.17, 15) is 4.79 Å². The summed E-state index contributed by atoms with van der Waals surface area (Å²) in [4.78, 5) is 27.4. The number of likely N-dealkylation sites (tertiary alicyclic amines) is 1. The van der Waals surface area contributed by atoms with E-state index in [1.807, 2.05) is 19.9 Å². The van der Waals surface area contributed by atoms with Crippen LogP contribution in [0.1, 0.15) is 48.9 Å². The van der Waals surface area contributed by atoms with Crippen molar-refractivity contribution in [2.24, 2.45) is 5.92 Å². The van der Waals surface area contributed by atoms with Gasteiger partial charge in [-0.3, -0.25) is 9.69 Å².